The van der Waals surface area contributed by atoms with Crippen molar-refractivity contribution in [2.75, 3.05) is 26.7 Å². The monoisotopic (exact) mass is 430 g/mol. The van der Waals surface area contributed by atoms with Gasteiger partial charge in [-0.3, -0.25) is 4.79 Å². The van der Waals surface area contributed by atoms with E-state index in [0.717, 1.165) is 5.56 Å². The zero-order valence-electron chi connectivity index (χ0n) is 17.2. The van der Waals surface area contributed by atoms with E-state index in [2.05, 4.69) is 0 Å². The highest BCUT2D eigenvalue weighted by Gasteiger charge is 2.48. The summed E-state index contributed by atoms with van der Waals surface area (Å²) in [7, 11) is -2.17. The van der Waals surface area contributed by atoms with Gasteiger partial charge in [0.05, 0.1) is 20.2 Å². The fourth-order valence-electron chi connectivity index (χ4n) is 4.13. The van der Waals surface area contributed by atoms with E-state index < -0.39 is 15.6 Å². The molecular weight excluding hydrogens is 404 g/mol. The topological polar surface area (TPSA) is 76.2 Å². The Labute approximate surface area is 177 Å². The van der Waals surface area contributed by atoms with Gasteiger partial charge in [0.2, 0.25) is 15.9 Å². The van der Waals surface area contributed by atoms with E-state index in [0.29, 0.717) is 37.4 Å². The van der Waals surface area contributed by atoms with Crippen LogP contribution < -0.4 is 9.47 Å². The minimum atomic E-state index is -3.77. The smallest absolute Gasteiger partial charge is 0.247 e. The normalized spacial score (nSPS) is 22.9. The number of rotatable bonds is 4. The molecule has 2 heterocycles. The molecule has 2 aromatic carbocycles. The first-order chi connectivity index (χ1) is 14.4. The van der Waals surface area contributed by atoms with Crippen LogP contribution >= 0.6 is 0 Å². The average Bonchev–Trinajstić information content (AvgIpc) is 3.13. The van der Waals surface area contributed by atoms with Crippen molar-refractivity contribution >= 4 is 15.9 Å². The van der Waals surface area contributed by atoms with E-state index in [4.69, 9.17) is 9.47 Å². The van der Waals surface area contributed by atoms with E-state index in [-0.39, 0.29) is 23.9 Å². The minimum Gasteiger partial charge on any atom is -0.497 e. The molecule has 1 fully saturated rings. The second-order valence-corrected chi connectivity index (χ2v) is 9.68. The molecule has 0 aromatic heterocycles. The summed E-state index contributed by atoms with van der Waals surface area (Å²) in [5.74, 6) is 1.12. The summed E-state index contributed by atoms with van der Waals surface area (Å²) in [5.41, 5.74) is 0.0881. The van der Waals surface area contributed by atoms with Gasteiger partial charge in [0.25, 0.3) is 0 Å². The van der Waals surface area contributed by atoms with E-state index in [1.54, 1.807) is 36.3 Å². The molecule has 1 amide bonds. The first-order valence-electron chi connectivity index (χ1n) is 10.1. The van der Waals surface area contributed by atoms with Crippen LogP contribution in [0.3, 0.4) is 0 Å². The van der Waals surface area contributed by atoms with Gasteiger partial charge in [-0.2, -0.15) is 4.31 Å². The van der Waals surface area contributed by atoms with Crippen molar-refractivity contribution in [1.29, 1.82) is 0 Å². The van der Waals surface area contributed by atoms with Gasteiger partial charge in [0.15, 0.2) is 0 Å². The van der Waals surface area contributed by atoms with E-state index in [1.807, 2.05) is 31.2 Å². The van der Waals surface area contributed by atoms with Gasteiger partial charge in [-0.25, -0.2) is 8.42 Å². The lowest BCUT2D eigenvalue weighted by Crippen LogP contribution is -2.49. The SMILES string of the molecule is CCC(=O)N1CC[C@@]2(C1)CN(Cc1ccc(OC)cc1)S(=O)(=O)c1ccccc1O2. The molecule has 1 spiro atoms. The Hall–Kier alpha value is -2.58. The number of carbonyl (C=O) groups is 1. The predicted molar refractivity (Wildman–Crippen MR) is 112 cm³/mol. The Bertz CT molecular complexity index is 1040. The van der Waals surface area contributed by atoms with E-state index in [1.165, 1.54) is 4.31 Å². The number of benzene rings is 2. The van der Waals surface area contributed by atoms with Gasteiger partial charge in [-0.1, -0.05) is 31.2 Å². The molecule has 2 aromatic rings. The fourth-order valence-corrected chi connectivity index (χ4v) is 5.74. The zero-order valence-corrected chi connectivity index (χ0v) is 18.0. The summed E-state index contributed by atoms with van der Waals surface area (Å²) >= 11 is 0. The van der Waals surface area contributed by atoms with E-state index >= 15 is 0 Å². The van der Waals surface area contributed by atoms with Crippen molar-refractivity contribution in [3.05, 3.63) is 54.1 Å². The maximum Gasteiger partial charge on any atom is 0.247 e. The predicted octanol–water partition coefficient (Wildman–Crippen LogP) is 2.66. The number of sulfonamides is 1. The Morgan fingerprint density at radius 1 is 1.13 bits per heavy atom. The van der Waals surface area contributed by atoms with Crippen LogP contribution in [0.25, 0.3) is 0 Å². The van der Waals surface area contributed by atoms with Crippen molar-refractivity contribution in [2.45, 2.75) is 36.8 Å². The van der Waals surface area contributed by atoms with Gasteiger partial charge in [0.1, 0.15) is 22.0 Å². The van der Waals surface area contributed by atoms with Crippen LogP contribution in [0.4, 0.5) is 0 Å². The first-order valence-corrected chi connectivity index (χ1v) is 11.5. The van der Waals surface area contributed by atoms with Gasteiger partial charge in [-0.15, -0.1) is 0 Å². The minimum absolute atomic E-state index is 0.0533. The highest BCUT2D eigenvalue weighted by atomic mass is 32.2. The number of nitrogens with zero attached hydrogens (tertiary/aromatic N) is 2. The highest BCUT2D eigenvalue weighted by molar-refractivity contribution is 7.89. The van der Waals surface area contributed by atoms with Crippen LogP contribution in [0.2, 0.25) is 0 Å². The molecule has 0 N–H and O–H groups in total. The molecule has 0 saturated carbocycles. The Morgan fingerprint density at radius 3 is 2.57 bits per heavy atom. The molecule has 4 rings (SSSR count). The lowest BCUT2D eigenvalue weighted by Gasteiger charge is -2.32. The molecule has 0 aliphatic carbocycles. The zero-order chi connectivity index (χ0) is 21.4. The number of para-hydroxylation sites is 1. The summed E-state index contributed by atoms with van der Waals surface area (Å²) < 4.78 is 40.0. The molecule has 2 aliphatic rings. The Kier molecular flexibility index (Phi) is 5.46. The second-order valence-electron chi connectivity index (χ2n) is 7.77. The third kappa shape index (κ3) is 3.77. The number of carbonyl (C=O) groups excluding carboxylic acids is 1. The maximum atomic E-state index is 13.5. The number of hydrogen-bond donors (Lipinski definition) is 0. The number of amides is 1. The lowest BCUT2D eigenvalue weighted by molar-refractivity contribution is -0.130. The summed E-state index contributed by atoms with van der Waals surface area (Å²) in [6, 6.07) is 14.1. The molecule has 1 saturated heterocycles. The molecule has 0 bridgehead atoms. The summed E-state index contributed by atoms with van der Waals surface area (Å²) in [5, 5.41) is 0. The van der Waals surface area contributed by atoms with E-state index in [9.17, 15) is 13.2 Å². The molecule has 1 atom stereocenters. The standard InChI is InChI=1S/C22H26N2O5S/c1-3-21(25)23-13-12-22(15-23)16-24(14-17-8-10-18(28-2)11-9-17)30(26,27)20-7-5-4-6-19(20)29-22/h4-11H,3,12-16H2,1-2H3/t22-/m1/s1. The van der Waals surface area contributed by atoms with Crippen LogP contribution in [0.5, 0.6) is 11.5 Å². The van der Waals surface area contributed by atoms with Crippen LogP contribution in [0, 0.1) is 0 Å². The number of fused-ring (bicyclic) bond motifs is 1. The molecule has 30 heavy (non-hydrogen) atoms. The Balaban J connectivity index is 1.71. The van der Waals surface area contributed by atoms with Crippen LogP contribution in [-0.4, -0.2) is 55.9 Å². The van der Waals surface area contributed by atoms with Crippen LogP contribution in [-0.2, 0) is 21.4 Å². The second kappa shape index (κ2) is 7.92. The van der Waals surface area contributed by atoms with Crippen molar-refractivity contribution < 1.29 is 22.7 Å². The van der Waals surface area contributed by atoms with Gasteiger partial charge < -0.3 is 14.4 Å². The van der Waals surface area contributed by atoms with Gasteiger partial charge in [0, 0.05) is 25.9 Å². The molecule has 2 aliphatic heterocycles. The summed E-state index contributed by atoms with van der Waals surface area (Å²) in [6.07, 6.45) is 1.00. The summed E-state index contributed by atoms with van der Waals surface area (Å²) in [6.45, 7) is 3.17. The molecule has 160 valence electrons. The van der Waals surface area contributed by atoms with Gasteiger partial charge in [-0.05, 0) is 29.8 Å². The number of methoxy groups -OCH3 is 1. The average molecular weight is 431 g/mol. The molecule has 0 unspecified atom stereocenters. The first kappa shape index (κ1) is 20.7. The molecule has 7 nitrogen and oxygen atoms in total. The van der Waals surface area contributed by atoms with Crippen molar-refractivity contribution in [3.63, 3.8) is 0 Å². The molecular formula is C22H26N2O5S. The maximum absolute atomic E-state index is 13.5. The number of ether oxygens (including phenoxy) is 2. The van der Waals surface area contributed by atoms with Crippen molar-refractivity contribution in [1.82, 2.24) is 9.21 Å². The lowest BCUT2D eigenvalue weighted by atomic mass is 10.0. The van der Waals surface area contributed by atoms with Crippen LogP contribution in [0.1, 0.15) is 25.3 Å². The van der Waals surface area contributed by atoms with Crippen molar-refractivity contribution in [2.24, 2.45) is 0 Å². The third-order valence-corrected chi connectivity index (χ3v) is 7.58. The van der Waals surface area contributed by atoms with Gasteiger partial charge >= 0.3 is 0 Å². The van der Waals surface area contributed by atoms with Crippen molar-refractivity contribution in [3.8, 4) is 11.5 Å². The van der Waals surface area contributed by atoms with Crippen LogP contribution in [0.15, 0.2) is 53.4 Å². The fraction of sp³-hybridized carbons (Fsp3) is 0.409. The quantitative estimate of drug-likeness (QED) is 0.745. The molecule has 0 radical (unpaired) electrons. The summed E-state index contributed by atoms with van der Waals surface area (Å²) in [4.78, 5) is 14.2. The third-order valence-electron chi connectivity index (χ3n) is 5.75. The molecule has 8 heteroatoms. The number of likely N-dealkylation sites (tertiary alicyclic amines) is 1. The number of hydrogen-bond acceptors (Lipinski definition) is 5. The highest BCUT2D eigenvalue weighted by Crippen LogP contribution is 2.39. The Morgan fingerprint density at radius 2 is 1.87 bits per heavy atom. The largest absolute Gasteiger partial charge is 0.497 e.